The predicted molar refractivity (Wildman–Crippen MR) is 138 cm³/mol. The van der Waals surface area contributed by atoms with Gasteiger partial charge in [-0.05, 0) is 42.0 Å². The van der Waals surface area contributed by atoms with E-state index in [0.717, 1.165) is 35.1 Å². The fourth-order valence-electron chi connectivity index (χ4n) is 4.07. The molecular weight excluding hydrogens is 420 g/mol. The molecule has 4 nitrogen and oxygen atoms in total. The van der Waals surface area contributed by atoms with Crippen LogP contribution < -0.4 is 5.32 Å². The zero-order valence-corrected chi connectivity index (χ0v) is 20.4. The zero-order chi connectivity index (χ0) is 24.2. The number of benzene rings is 3. The second-order valence-corrected chi connectivity index (χ2v) is 8.78. The highest BCUT2D eigenvalue weighted by Crippen LogP contribution is 2.18. The minimum Gasteiger partial charge on any atom is -0.354 e. The molecule has 0 unspecified atom stereocenters. The normalized spacial score (nSPS) is 11.6. The average molecular weight is 457 g/mol. The summed E-state index contributed by atoms with van der Waals surface area (Å²) in [4.78, 5) is 28.8. The molecule has 178 valence electrons. The van der Waals surface area contributed by atoms with Gasteiger partial charge in [-0.1, -0.05) is 98.3 Å². The second kappa shape index (κ2) is 13.3. The molecule has 3 aromatic rings. The Morgan fingerprint density at radius 2 is 1.47 bits per heavy atom. The fraction of sp³-hybridized carbons (Fsp3) is 0.333. The number of hydrogen-bond acceptors (Lipinski definition) is 2. The molecule has 2 amide bonds. The number of hydrogen-bond donors (Lipinski definition) is 1. The molecule has 0 aliphatic carbocycles. The van der Waals surface area contributed by atoms with E-state index >= 15 is 0 Å². The Morgan fingerprint density at radius 3 is 2.12 bits per heavy atom. The molecule has 4 heteroatoms. The lowest BCUT2D eigenvalue weighted by atomic mass is 10.0. The first-order valence-electron chi connectivity index (χ1n) is 12.3. The Morgan fingerprint density at radius 1 is 0.853 bits per heavy atom. The first kappa shape index (κ1) is 25.2. The quantitative estimate of drug-likeness (QED) is 0.367. The van der Waals surface area contributed by atoms with Crippen molar-refractivity contribution in [1.29, 1.82) is 0 Å². The number of rotatable bonds is 12. The molecule has 0 aliphatic heterocycles. The van der Waals surface area contributed by atoms with Crippen molar-refractivity contribution in [2.45, 2.75) is 58.5 Å². The Hall–Kier alpha value is -3.40. The van der Waals surface area contributed by atoms with Crippen LogP contribution in [-0.4, -0.2) is 29.3 Å². The lowest BCUT2D eigenvalue weighted by Crippen LogP contribution is -2.50. The molecular formula is C30H36N2O2. The van der Waals surface area contributed by atoms with Crippen molar-refractivity contribution >= 4 is 11.8 Å². The van der Waals surface area contributed by atoms with Gasteiger partial charge < -0.3 is 10.2 Å². The Bertz CT molecular complexity index is 1030. The van der Waals surface area contributed by atoms with Gasteiger partial charge in [-0.2, -0.15) is 0 Å². The number of amides is 2. The summed E-state index contributed by atoms with van der Waals surface area (Å²) in [5, 5.41) is 3.08. The molecule has 0 aliphatic rings. The average Bonchev–Trinajstić information content (AvgIpc) is 2.87. The smallest absolute Gasteiger partial charge is 0.243 e. The van der Waals surface area contributed by atoms with Crippen LogP contribution >= 0.6 is 0 Å². The molecule has 0 fully saturated rings. The third-order valence-electron chi connectivity index (χ3n) is 6.17. The summed E-state index contributed by atoms with van der Waals surface area (Å²) in [6, 6.07) is 27.5. The molecule has 0 spiro atoms. The van der Waals surface area contributed by atoms with Crippen molar-refractivity contribution < 1.29 is 9.59 Å². The molecule has 1 N–H and O–H groups in total. The van der Waals surface area contributed by atoms with E-state index in [4.69, 9.17) is 0 Å². The lowest BCUT2D eigenvalue weighted by Gasteiger charge is -2.32. The maximum absolute atomic E-state index is 13.6. The van der Waals surface area contributed by atoms with Gasteiger partial charge in [0.1, 0.15) is 6.04 Å². The number of unbranched alkanes of at least 4 members (excludes halogenated alkanes) is 1. The van der Waals surface area contributed by atoms with Crippen molar-refractivity contribution in [3.05, 3.63) is 107 Å². The van der Waals surface area contributed by atoms with E-state index in [2.05, 4.69) is 25.2 Å². The Labute approximate surface area is 204 Å². The number of nitrogens with zero attached hydrogens (tertiary/aromatic N) is 1. The van der Waals surface area contributed by atoms with E-state index in [-0.39, 0.29) is 11.8 Å². The van der Waals surface area contributed by atoms with Crippen LogP contribution in [0.5, 0.6) is 0 Å². The van der Waals surface area contributed by atoms with Gasteiger partial charge in [0, 0.05) is 25.9 Å². The van der Waals surface area contributed by atoms with E-state index in [1.54, 1.807) is 4.90 Å². The SMILES string of the molecule is CCCCNC(=O)[C@H](Cc1ccccc1)N(Cc1ccccc1C)C(=O)CCc1ccccc1. The zero-order valence-electron chi connectivity index (χ0n) is 20.4. The molecule has 3 rings (SSSR count). The summed E-state index contributed by atoms with van der Waals surface area (Å²) in [6.07, 6.45) is 3.43. The monoisotopic (exact) mass is 456 g/mol. The number of aryl methyl sites for hydroxylation is 2. The van der Waals surface area contributed by atoms with Crippen LogP contribution in [0, 0.1) is 6.92 Å². The first-order valence-corrected chi connectivity index (χ1v) is 12.3. The highest BCUT2D eigenvalue weighted by atomic mass is 16.2. The molecule has 0 saturated heterocycles. The topological polar surface area (TPSA) is 49.4 Å². The summed E-state index contributed by atoms with van der Waals surface area (Å²) in [6.45, 7) is 5.19. The minimum atomic E-state index is -0.567. The van der Waals surface area contributed by atoms with Crippen molar-refractivity contribution in [3.63, 3.8) is 0 Å². The van der Waals surface area contributed by atoms with Crippen molar-refractivity contribution in [2.75, 3.05) is 6.54 Å². The van der Waals surface area contributed by atoms with Crippen LogP contribution in [0.25, 0.3) is 0 Å². The van der Waals surface area contributed by atoms with Gasteiger partial charge in [0.15, 0.2) is 0 Å². The fourth-order valence-corrected chi connectivity index (χ4v) is 4.07. The van der Waals surface area contributed by atoms with Gasteiger partial charge in [-0.15, -0.1) is 0 Å². The van der Waals surface area contributed by atoms with E-state index < -0.39 is 6.04 Å². The van der Waals surface area contributed by atoms with Crippen LogP contribution in [0.2, 0.25) is 0 Å². The number of carbonyl (C=O) groups is 2. The standard InChI is InChI=1S/C30H36N2O2/c1-3-4-21-31-30(34)28(22-26-16-9-6-10-17-26)32(23-27-18-12-11-13-24(27)2)29(33)20-19-25-14-7-5-8-15-25/h5-18,28H,3-4,19-23H2,1-2H3,(H,31,34)/t28-/m0/s1. The predicted octanol–water partition coefficient (Wildman–Crippen LogP) is 5.48. The molecule has 0 aromatic heterocycles. The maximum atomic E-state index is 13.6. The number of nitrogens with one attached hydrogen (secondary N) is 1. The summed E-state index contributed by atoms with van der Waals surface area (Å²) >= 11 is 0. The Balaban J connectivity index is 1.89. The molecule has 0 heterocycles. The van der Waals surface area contributed by atoms with Gasteiger partial charge in [-0.3, -0.25) is 9.59 Å². The van der Waals surface area contributed by atoms with Gasteiger partial charge in [0.05, 0.1) is 0 Å². The molecule has 0 bridgehead atoms. The molecule has 1 atom stereocenters. The van der Waals surface area contributed by atoms with Gasteiger partial charge in [0.25, 0.3) is 0 Å². The molecule has 0 saturated carbocycles. The number of carbonyl (C=O) groups excluding carboxylic acids is 2. The third kappa shape index (κ3) is 7.58. The lowest BCUT2D eigenvalue weighted by molar-refractivity contribution is -0.141. The van der Waals surface area contributed by atoms with E-state index in [1.807, 2.05) is 78.9 Å². The van der Waals surface area contributed by atoms with Crippen LogP contribution in [0.1, 0.15) is 48.4 Å². The largest absolute Gasteiger partial charge is 0.354 e. The summed E-state index contributed by atoms with van der Waals surface area (Å²) in [5.41, 5.74) is 4.35. The van der Waals surface area contributed by atoms with Gasteiger partial charge >= 0.3 is 0 Å². The van der Waals surface area contributed by atoms with Crippen molar-refractivity contribution in [1.82, 2.24) is 10.2 Å². The van der Waals surface area contributed by atoms with Crippen molar-refractivity contribution in [3.8, 4) is 0 Å². The maximum Gasteiger partial charge on any atom is 0.243 e. The highest BCUT2D eigenvalue weighted by molar-refractivity contribution is 5.88. The minimum absolute atomic E-state index is 0.00122. The summed E-state index contributed by atoms with van der Waals surface area (Å²) in [5.74, 6) is -0.0855. The van der Waals surface area contributed by atoms with Crippen LogP contribution in [0.3, 0.4) is 0 Å². The summed E-state index contributed by atoms with van der Waals surface area (Å²) < 4.78 is 0. The molecule has 3 aromatic carbocycles. The first-order chi connectivity index (χ1) is 16.6. The van der Waals surface area contributed by atoms with Crippen LogP contribution in [-0.2, 0) is 29.0 Å². The van der Waals surface area contributed by atoms with E-state index in [9.17, 15) is 9.59 Å². The summed E-state index contributed by atoms with van der Waals surface area (Å²) in [7, 11) is 0. The second-order valence-electron chi connectivity index (χ2n) is 8.78. The van der Waals surface area contributed by atoms with Crippen LogP contribution in [0.4, 0.5) is 0 Å². The van der Waals surface area contributed by atoms with Gasteiger partial charge in [-0.25, -0.2) is 0 Å². The van der Waals surface area contributed by atoms with Crippen molar-refractivity contribution in [2.24, 2.45) is 0 Å². The molecule has 34 heavy (non-hydrogen) atoms. The van der Waals surface area contributed by atoms with E-state index in [0.29, 0.717) is 32.4 Å². The molecule has 0 radical (unpaired) electrons. The van der Waals surface area contributed by atoms with Gasteiger partial charge in [0.2, 0.25) is 11.8 Å². The van der Waals surface area contributed by atoms with E-state index in [1.165, 1.54) is 0 Å². The highest BCUT2D eigenvalue weighted by Gasteiger charge is 2.30. The van der Waals surface area contributed by atoms with Crippen LogP contribution in [0.15, 0.2) is 84.9 Å². The Kier molecular flexibility index (Phi) is 9.90. The third-order valence-corrected chi connectivity index (χ3v) is 6.17.